The average molecular weight is 535 g/mol. The highest BCUT2D eigenvalue weighted by atomic mass is 16.5. The number of methoxy groups -OCH3 is 1. The fourth-order valence-corrected chi connectivity index (χ4v) is 6.30. The van der Waals surface area contributed by atoms with Gasteiger partial charge in [0, 0.05) is 30.0 Å². The van der Waals surface area contributed by atoms with Crippen LogP contribution in [0.2, 0.25) is 0 Å². The third kappa shape index (κ3) is 3.90. The molecule has 2 aromatic carbocycles. The highest BCUT2D eigenvalue weighted by molar-refractivity contribution is 6.22. The summed E-state index contributed by atoms with van der Waals surface area (Å²) < 4.78 is 5.62. The molecule has 204 valence electrons. The Balaban J connectivity index is 1.70. The van der Waals surface area contributed by atoms with Gasteiger partial charge in [0.05, 0.1) is 12.7 Å². The summed E-state index contributed by atoms with van der Waals surface area (Å²) in [5.74, 6) is -5.97. The lowest BCUT2D eigenvalue weighted by atomic mass is 9.59. The fourth-order valence-electron chi connectivity index (χ4n) is 6.30. The third-order valence-electron chi connectivity index (χ3n) is 8.00. The number of rotatable bonds is 5. The fraction of sp³-hybridized carbons (Fsp3) is 0.345. The number of aliphatic hydroxyl groups excluding tert-OH is 2. The molecule has 1 saturated carbocycles. The van der Waals surface area contributed by atoms with Gasteiger partial charge in [-0.1, -0.05) is 12.1 Å². The molecule has 0 heterocycles. The van der Waals surface area contributed by atoms with Crippen LogP contribution in [-0.2, 0) is 27.3 Å². The van der Waals surface area contributed by atoms with E-state index in [1.54, 1.807) is 13.2 Å². The smallest absolute Gasteiger partial charge is 0.255 e. The molecule has 39 heavy (non-hydrogen) atoms. The number of phenolic OH excluding ortho intramolecular Hbond substituents is 1. The van der Waals surface area contributed by atoms with Crippen molar-refractivity contribution >= 4 is 23.2 Å². The van der Waals surface area contributed by atoms with Crippen molar-refractivity contribution in [3.05, 3.63) is 63.9 Å². The number of fused-ring (bicyclic) bond motifs is 3. The third-order valence-corrected chi connectivity index (χ3v) is 8.00. The second-order valence-corrected chi connectivity index (χ2v) is 10.7. The van der Waals surface area contributed by atoms with Crippen LogP contribution in [0.3, 0.4) is 0 Å². The van der Waals surface area contributed by atoms with E-state index >= 15 is 0 Å². The van der Waals surface area contributed by atoms with Crippen LogP contribution in [-0.4, -0.2) is 69.6 Å². The standard InChI is InChI=1S/C29H30N2O8/c1-31(2)12-13-4-7-21(39-3)17(8-13)16-5-6-19(32)23-18(16)10-14-9-15-11-20(33)24(28(30)37)27(36)29(15,38)26(35)22(14)25(23)34/h4-8,14-15,32,34,36,38H,9-12H2,1-3H3,(H2,30,37)/t14-,15+,29+/m1/s1. The Labute approximate surface area is 224 Å². The van der Waals surface area contributed by atoms with Crippen LogP contribution in [0.4, 0.5) is 0 Å². The van der Waals surface area contributed by atoms with Gasteiger partial charge in [0.25, 0.3) is 5.91 Å². The van der Waals surface area contributed by atoms with Gasteiger partial charge in [-0.15, -0.1) is 0 Å². The zero-order valence-electron chi connectivity index (χ0n) is 21.8. The van der Waals surface area contributed by atoms with Crippen molar-refractivity contribution in [3.8, 4) is 22.6 Å². The van der Waals surface area contributed by atoms with E-state index in [-0.39, 0.29) is 36.1 Å². The molecule has 5 rings (SSSR count). The van der Waals surface area contributed by atoms with Crippen molar-refractivity contribution in [1.29, 1.82) is 0 Å². The molecule has 10 nitrogen and oxygen atoms in total. The molecule has 0 saturated heterocycles. The predicted octanol–water partition coefficient (Wildman–Crippen LogP) is 2.16. The monoisotopic (exact) mass is 534 g/mol. The summed E-state index contributed by atoms with van der Waals surface area (Å²) in [7, 11) is 5.45. The number of hydrogen-bond acceptors (Lipinski definition) is 9. The molecule has 2 aromatic rings. The summed E-state index contributed by atoms with van der Waals surface area (Å²) in [4.78, 5) is 40.1. The van der Waals surface area contributed by atoms with Crippen molar-refractivity contribution in [3.63, 3.8) is 0 Å². The number of nitrogens with zero attached hydrogens (tertiary/aromatic N) is 1. The lowest BCUT2D eigenvalue weighted by molar-refractivity contribution is -0.147. The van der Waals surface area contributed by atoms with E-state index in [9.17, 15) is 34.8 Å². The summed E-state index contributed by atoms with van der Waals surface area (Å²) >= 11 is 0. The Morgan fingerprint density at radius 2 is 1.82 bits per heavy atom. The van der Waals surface area contributed by atoms with Crippen LogP contribution in [0.5, 0.6) is 11.5 Å². The van der Waals surface area contributed by atoms with Gasteiger partial charge in [-0.3, -0.25) is 14.4 Å². The van der Waals surface area contributed by atoms with Crippen LogP contribution in [0.1, 0.15) is 29.5 Å². The number of benzene rings is 2. The van der Waals surface area contributed by atoms with Crippen LogP contribution in [0.15, 0.2) is 47.2 Å². The molecule has 0 bridgehead atoms. The SMILES string of the molecule is COc1ccc(CN(C)C)cc1-c1ccc(O)c2c1C[C@H]1C[C@H]3CC(=O)C(C(N)=O)=C(O)[C@@]3(O)C(=O)C1=C2O. The summed E-state index contributed by atoms with van der Waals surface area (Å²) in [6, 6.07) is 8.91. The van der Waals surface area contributed by atoms with Gasteiger partial charge in [-0.25, -0.2) is 0 Å². The quantitative estimate of drug-likeness (QED) is 0.361. The normalized spacial score (nSPS) is 24.4. The van der Waals surface area contributed by atoms with Crippen molar-refractivity contribution in [2.24, 2.45) is 17.6 Å². The van der Waals surface area contributed by atoms with E-state index in [1.165, 1.54) is 6.07 Å². The largest absolute Gasteiger partial charge is 0.508 e. The number of phenols is 1. The molecule has 3 aliphatic rings. The van der Waals surface area contributed by atoms with E-state index in [0.717, 1.165) is 11.1 Å². The van der Waals surface area contributed by atoms with Crippen LogP contribution in [0.25, 0.3) is 16.9 Å². The number of carbonyl (C=O) groups excluding carboxylic acids is 3. The topological polar surface area (TPSA) is 171 Å². The molecule has 1 fully saturated rings. The number of carbonyl (C=O) groups is 3. The molecule has 0 aliphatic heterocycles. The second-order valence-electron chi connectivity index (χ2n) is 10.7. The van der Waals surface area contributed by atoms with Crippen molar-refractivity contribution in [1.82, 2.24) is 4.90 Å². The minimum atomic E-state index is -2.59. The van der Waals surface area contributed by atoms with Gasteiger partial charge < -0.3 is 35.8 Å². The first kappa shape index (κ1) is 26.5. The van der Waals surface area contributed by atoms with Crippen LogP contribution in [0, 0.1) is 11.8 Å². The molecule has 0 radical (unpaired) electrons. The van der Waals surface area contributed by atoms with Gasteiger partial charge >= 0.3 is 0 Å². The van der Waals surface area contributed by atoms with Gasteiger partial charge in [0.15, 0.2) is 11.4 Å². The number of amides is 1. The van der Waals surface area contributed by atoms with Crippen LogP contribution < -0.4 is 10.5 Å². The Hall–Kier alpha value is -4.15. The summed E-state index contributed by atoms with van der Waals surface area (Å²) in [6.45, 7) is 0.669. The maximum Gasteiger partial charge on any atom is 0.255 e. The van der Waals surface area contributed by atoms with Gasteiger partial charge in [0.2, 0.25) is 5.78 Å². The van der Waals surface area contributed by atoms with Crippen molar-refractivity contribution in [2.45, 2.75) is 31.4 Å². The second kappa shape index (κ2) is 9.25. The van der Waals surface area contributed by atoms with E-state index in [1.807, 2.05) is 37.2 Å². The highest BCUT2D eigenvalue weighted by Crippen LogP contribution is 2.53. The predicted molar refractivity (Wildman–Crippen MR) is 141 cm³/mol. The molecule has 3 aliphatic carbocycles. The highest BCUT2D eigenvalue weighted by Gasteiger charge is 2.60. The van der Waals surface area contributed by atoms with Gasteiger partial charge in [-0.2, -0.15) is 0 Å². The zero-order chi connectivity index (χ0) is 28.4. The van der Waals surface area contributed by atoms with Gasteiger partial charge in [-0.05, 0) is 67.7 Å². The number of nitrogens with two attached hydrogens (primary N) is 1. The summed E-state index contributed by atoms with van der Waals surface area (Å²) in [5, 5.41) is 44.3. The Morgan fingerprint density at radius 3 is 2.46 bits per heavy atom. The molecular formula is C29H30N2O8. The first-order valence-corrected chi connectivity index (χ1v) is 12.5. The summed E-state index contributed by atoms with van der Waals surface area (Å²) in [6.07, 6.45) is -0.0930. The van der Waals surface area contributed by atoms with E-state index in [0.29, 0.717) is 23.4 Å². The maximum atomic E-state index is 13.7. The number of aromatic hydroxyl groups is 1. The number of primary amides is 1. The number of Topliss-reactive ketones (excluding diaryl/α,β-unsaturated/α-hetero) is 2. The summed E-state index contributed by atoms with van der Waals surface area (Å²) in [5.41, 5.74) is 4.73. The van der Waals surface area contributed by atoms with E-state index < -0.39 is 52.0 Å². The molecule has 0 unspecified atom stereocenters. The van der Waals surface area contributed by atoms with Crippen molar-refractivity contribution in [2.75, 3.05) is 21.2 Å². The number of ether oxygens (including phenoxy) is 1. The Kier molecular flexibility index (Phi) is 6.27. The first-order valence-electron chi connectivity index (χ1n) is 12.5. The van der Waals surface area contributed by atoms with E-state index in [4.69, 9.17) is 10.5 Å². The zero-order valence-corrected chi connectivity index (χ0v) is 21.8. The molecule has 10 heteroatoms. The maximum absolute atomic E-state index is 13.7. The minimum absolute atomic E-state index is 0.0414. The number of ketones is 2. The number of aliphatic hydroxyl groups is 3. The van der Waals surface area contributed by atoms with E-state index in [2.05, 4.69) is 0 Å². The minimum Gasteiger partial charge on any atom is -0.508 e. The molecule has 6 N–H and O–H groups in total. The first-order chi connectivity index (χ1) is 18.4. The molecule has 0 spiro atoms. The lowest BCUT2D eigenvalue weighted by Crippen LogP contribution is -2.58. The number of hydrogen-bond donors (Lipinski definition) is 5. The Bertz CT molecular complexity index is 1500. The average Bonchev–Trinajstić information content (AvgIpc) is 2.85. The lowest BCUT2D eigenvalue weighted by Gasteiger charge is -2.46. The van der Waals surface area contributed by atoms with Crippen LogP contribution >= 0.6 is 0 Å². The van der Waals surface area contributed by atoms with Gasteiger partial charge in [0.1, 0.15) is 28.6 Å². The van der Waals surface area contributed by atoms with Crippen molar-refractivity contribution < 1.29 is 39.5 Å². The molecule has 1 amide bonds. The molecule has 0 aromatic heterocycles. The Morgan fingerprint density at radius 1 is 1.10 bits per heavy atom. The molecular weight excluding hydrogens is 504 g/mol. The molecule has 3 atom stereocenters.